The van der Waals surface area contributed by atoms with Gasteiger partial charge in [0, 0.05) is 25.7 Å². The summed E-state index contributed by atoms with van der Waals surface area (Å²) >= 11 is 0. The summed E-state index contributed by atoms with van der Waals surface area (Å²) in [5.74, 6) is 0.628. The van der Waals surface area contributed by atoms with Crippen LogP contribution in [0.5, 0.6) is 11.5 Å². The van der Waals surface area contributed by atoms with Crippen molar-refractivity contribution in [2.24, 2.45) is 0 Å². The van der Waals surface area contributed by atoms with Gasteiger partial charge in [0.1, 0.15) is 0 Å². The van der Waals surface area contributed by atoms with Gasteiger partial charge < -0.3 is 19.6 Å². The summed E-state index contributed by atoms with van der Waals surface area (Å²) in [6, 6.07) is 5.74. The number of piperidine rings is 1. The molecular formula is C21H31N5O3. The fourth-order valence-corrected chi connectivity index (χ4v) is 3.59. The number of hydrogen-bond donors (Lipinski definition) is 1. The number of aromatic nitrogens is 3. The molecular weight excluding hydrogens is 370 g/mol. The Kier molecular flexibility index (Phi) is 7.09. The average molecular weight is 402 g/mol. The third-order valence-electron chi connectivity index (χ3n) is 5.61. The Morgan fingerprint density at radius 2 is 2.07 bits per heavy atom. The summed E-state index contributed by atoms with van der Waals surface area (Å²) in [6.07, 6.45) is 5.91. The number of hydrogen-bond acceptors (Lipinski definition) is 6. The Bertz CT molecular complexity index is 816. The van der Waals surface area contributed by atoms with Crippen molar-refractivity contribution in [1.82, 2.24) is 24.8 Å². The minimum Gasteiger partial charge on any atom is -0.504 e. The molecule has 29 heavy (non-hydrogen) atoms. The van der Waals surface area contributed by atoms with Gasteiger partial charge in [-0.05, 0) is 57.4 Å². The first-order chi connectivity index (χ1) is 14.0. The fraction of sp³-hybridized carbons (Fsp3) is 0.571. The van der Waals surface area contributed by atoms with E-state index in [2.05, 4.69) is 29.2 Å². The van der Waals surface area contributed by atoms with Crippen LogP contribution in [0.3, 0.4) is 0 Å². The van der Waals surface area contributed by atoms with Gasteiger partial charge in [0.25, 0.3) is 5.91 Å². The van der Waals surface area contributed by atoms with Crippen LogP contribution in [0.1, 0.15) is 42.2 Å². The van der Waals surface area contributed by atoms with E-state index in [-0.39, 0.29) is 11.7 Å². The molecule has 158 valence electrons. The zero-order valence-corrected chi connectivity index (χ0v) is 17.5. The van der Waals surface area contributed by atoms with Crippen LogP contribution < -0.4 is 4.74 Å². The quantitative estimate of drug-likeness (QED) is 0.730. The van der Waals surface area contributed by atoms with E-state index < -0.39 is 0 Å². The number of nitrogens with zero attached hydrogens (tertiary/aromatic N) is 5. The molecule has 1 aromatic heterocycles. The second-order valence-electron chi connectivity index (χ2n) is 7.76. The number of likely N-dealkylation sites (tertiary alicyclic amines) is 1. The summed E-state index contributed by atoms with van der Waals surface area (Å²) in [6.45, 7) is 5.24. The number of phenolic OH excluding ortho intramolecular Hbond substituents is 1. The van der Waals surface area contributed by atoms with Crippen molar-refractivity contribution < 1.29 is 14.6 Å². The van der Waals surface area contributed by atoms with Gasteiger partial charge in [0.2, 0.25) is 0 Å². The Hall–Kier alpha value is -2.61. The fourth-order valence-electron chi connectivity index (χ4n) is 3.59. The number of benzene rings is 1. The lowest BCUT2D eigenvalue weighted by Gasteiger charge is -2.25. The summed E-state index contributed by atoms with van der Waals surface area (Å²) in [5.41, 5.74) is 1.54. The van der Waals surface area contributed by atoms with Crippen molar-refractivity contribution in [3.05, 3.63) is 35.7 Å². The van der Waals surface area contributed by atoms with Gasteiger partial charge in [-0.25, -0.2) is 0 Å². The molecule has 0 spiro atoms. The standard InChI is InChI=1S/C21H31N5O3/c1-16(13-17-7-8-19(27)20(14-17)29-3)24(2)11-12-26-15-18(22-23-26)21(28)25-9-5-4-6-10-25/h7-8,14-16,27H,4-6,9-13H2,1-3H3/t16-/m0/s1. The number of likely N-dealkylation sites (N-methyl/N-ethyl adjacent to an activating group) is 1. The molecule has 0 bridgehead atoms. The van der Waals surface area contributed by atoms with E-state index in [1.54, 1.807) is 24.1 Å². The Labute approximate surface area is 172 Å². The van der Waals surface area contributed by atoms with Gasteiger partial charge in [-0.2, -0.15) is 0 Å². The van der Waals surface area contributed by atoms with Gasteiger partial charge in [-0.1, -0.05) is 11.3 Å². The van der Waals surface area contributed by atoms with Crippen LogP contribution in [-0.2, 0) is 13.0 Å². The molecule has 1 saturated heterocycles. The minimum absolute atomic E-state index is 0.0149. The molecule has 0 unspecified atom stereocenters. The van der Waals surface area contributed by atoms with Crippen molar-refractivity contribution in [3.8, 4) is 11.5 Å². The molecule has 1 aliphatic rings. The van der Waals surface area contributed by atoms with Gasteiger partial charge in [0.15, 0.2) is 17.2 Å². The highest BCUT2D eigenvalue weighted by atomic mass is 16.5. The number of phenols is 1. The first-order valence-corrected chi connectivity index (χ1v) is 10.2. The van der Waals surface area contributed by atoms with E-state index in [0.717, 1.165) is 44.5 Å². The van der Waals surface area contributed by atoms with E-state index >= 15 is 0 Å². The summed E-state index contributed by atoms with van der Waals surface area (Å²) in [4.78, 5) is 16.6. The second-order valence-corrected chi connectivity index (χ2v) is 7.76. The SMILES string of the molecule is COc1cc(C[C@H](C)N(C)CCn2cc(C(=O)N3CCCCC3)nn2)ccc1O. The number of carbonyl (C=O) groups excluding carboxylic acids is 1. The molecule has 8 heteroatoms. The highest BCUT2D eigenvalue weighted by Crippen LogP contribution is 2.27. The van der Waals surface area contributed by atoms with Crippen LogP contribution in [0.25, 0.3) is 0 Å². The number of rotatable bonds is 8. The Morgan fingerprint density at radius 3 is 2.79 bits per heavy atom. The lowest BCUT2D eigenvalue weighted by atomic mass is 10.1. The predicted octanol–water partition coefficient (Wildman–Crippen LogP) is 2.18. The normalized spacial score (nSPS) is 15.5. The highest BCUT2D eigenvalue weighted by Gasteiger charge is 2.21. The summed E-state index contributed by atoms with van der Waals surface area (Å²) in [7, 11) is 3.62. The molecule has 1 aliphatic heterocycles. The van der Waals surface area contributed by atoms with Crippen LogP contribution in [0.2, 0.25) is 0 Å². The number of aromatic hydroxyl groups is 1. The zero-order chi connectivity index (χ0) is 20.8. The van der Waals surface area contributed by atoms with Crippen molar-refractivity contribution in [2.45, 2.75) is 45.2 Å². The molecule has 0 aliphatic carbocycles. The molecule has 1 N–H and O–H groups in total. The second kappa shape index (κ2) is 9.73. The first-order valence-electron chi connectivity index (χ1n) is 10.2. The van der Waals surface area contributed by atoms with Gasteiger partial charge >= 0.3 is 0 Å². The molecule has 0 radical (unpaired) electrons. The summed E-state index contributed by atoms with van der Waals surface area (Å²) in [5, 5.41) is 17.9. The van der Waals surface area contributed by atoms with E-state index in [1.165, 1.54) is 6.42 Å². The van der Waals surface area contributed by atoms with Gasteiger partial charge in [-0.15, -0.1) is 5.10 Å². The van der Waals surface area contributed by atoms with Gasteiger partial charge in [0.05, 0.1) is 19.9 Å². The van der Waals surface area contributed by atoms with Crippen molar-refractivity contribution in [1.29, 1.82) is 0 Å². The molecule has 2 aromatic rings. The van der Waals surface area contributed by atoms with Crippen molar-refractivity contribution in [3.63, 3.8) is 0 Å². The summed E-state index contributed by atoms with van der Waals surface area (Å²) < 4.78 is 6.93. The molecule has 0 saturated carbocycles. The average Bonchev–Trinajstić information content (AvgIpc) is 3.22. The number of amides is 1. The van der Waals surface area contributed by atoms with E-state index in [0.29, 0.717) is 24.0 Å². The van der Waals surface area contributed by atoms with E-state index in [9.17, 15) is 9.90 Å². The molecule has 8 nitrogen and oxygen atoms in total. The first kappa shape index (κ1) is 21.1. The maximum absolute atomic E-state index is 12.5. The molecule has 3 rings (SSSR count). The van der Waals surface area contributed by atoms with Crippen molar-refractivity contribution >= 4 is 5.91 Å². The molecule has 2 heterocycles. The third kappa shape index (κ3) is 5.47. The third-order valence-corrected chi connectivity index (χ3v) is 5.61. The van der Waals surface area contributed by atoms with Crippen LogP contribution >= 0.6 is 0 Å². The Morgan fingerprint density at radius 1 is 1.31 bits per heavy atom. The lowest BCUT2D eigenvalue weighted by Crippen LogP contribution is -2.35. The number of ether oxygens (including phenoxy) is 1. The Balaban J connectivity index is 1.50. The van der Waals surface area contributed by atoms with Gasteiger partial charge in [-0.3, -0.25) is 9.48 Å². The molecule has 1 aromatic carbocycles. The van der Waals surface area contributed by atoms with Crippen LogP contribution in [-0.4, -0.2) is 75.6 Å². The number of methoxy groups -OCH3 is 1. The maximum atomic E-state index is 12.5. The van der Waals surface area contributed by atoms with E-state index in [4.69, 9.17) is 4.74 Å². The van der Waals surface area contributed by atoms with Crippen LogP contribution in [0.4, 0.5) is 0 Å². The predicted molar refractivity (Wildman–Crippen MR) is 110 cm³/mol. The van der Waals surface area contributed by atoms with Crippen LogP contribution in [0.15, 0.2) is 24.4 Å². The molecule has 1 atom stereocenters. The molecule has 1 amide bonds. The highest BCUT2D eigenvalue weighted by molar-refractivity contribution is 5.91. The largest absolute Gasteiger partial charge is 0.504 e. The van der Waals surface area contributed by atoms with E-state index in [1.807, 2.05) is 17.0 Å². The smallest absolute Gasteiger partial charge is 0.276 e. The van der Waals surface area contributed by atoms with Crippen LogP contribution in [0, 0.1) is 0 Å². The number of carbonyl (C=O) groups is 1. The lowest BCUT2D eigenvalue weighted by molar-refractivity contribution is 0.0718. The molecule has 1 fully saturated rings. The minimum atomic E-state index is -0.0149. The zero-order valence-electron chi connectivity index (χ0n) is 17.5. The maximum Gasteiger partial charge on any atom is 0.276 e. The van der Waals surface area contributed by atoms with Crippen molar-refractivity contribution in [2.75, 3.05) is 33.8 Å². The monoisotopic (exact) mass is 401 g/mol. The topological polar surface area (TPSA) is 83.7 Å².